The van der Waals surface area contributed by atoms with Crippen LogP contribution in [0.1, 0.15) is 23.4 Å². The number of nitrogens with one attached hydrogen (secondary N) is 1. The Labute approximate surface area is 156 Å². The molecule has 0 saturated heterocycles. The van der Waals surface area contributed by atoms with Gasteiger partial charge >= 0.3 is 0 Å². The first-order chi connectivity index (χ1) is 13.1. The van der Waals surface area contributed by atoms with Crippen molar-refractivity contribution in [2.24, 2.45) is 5.16 Å². The summed E-state index contributed by atoms with van der Waals surface area (Å²) in [5, 5.41) is 6.94. The van der Waals surface area contributed by atoms with Crippen molar-refractivity contribution in [1.29, 1.82) is 0 Å². The summed E-state index contributed by atoms with van der Waals surface area (Å²) in [5.41, 5.74) is 4.05. The molecule has 6 nitrogen and oxygen atoms in total. The zero-order valence-corrected chi connectivity index (χ0v) is 15.1. The summed E-state index contributed by atoms with van der Waals surface area (Å²) in [6, 6.07) is 17.1. The molecule has 1 amide bonds. The van der Waals surface area contributed by atoms with Crippen LogP contribution >= 0.6 is 0 Å². The monoisotopic (exact) mass is 361 g/mol. The van der Waals surface area contributed by atoms with E-state index in [0.717, 1.165) is 28.3 Å². The van der Waals surface area contributed by atoms with E-state index in [-0.39, 0.29) is 5.91 Å². The number of hydrogen-bond acceptors (Lipinski definition) is 5. The van der Waals surface area contributed by atoms with Gasteiger partial charge < -0.3 is 14.6 Å². The van der Waals surface area contributed by atoms with Crippen LogP contribution in [0.2, 0.25) is 0 Å². The lowest BCUT2D eigenvalue weighted by Gasteiger charge is -2.10. The maximum Gasteiger partial charge on any atom is 0.268 e. The Morgan fingerprint density at radius 1 is 1.07 bits per heavy atom. The second-order valence-electron chi connectivity index (χ2n) is 6.43. The van der Waals surface area contributed by atoms with Gasteiger partial charge in [0, 0.05) is 17.7 Å². The molecule has 1 atom stereocenters. The van der Waals surface area contributed by atoms with Gasteiger partial charge in [-0.15, -0.1) is 0 Å². The molecular formula is C21H19N3O3. The van der Waals surface area contributed by atoms with Crippen LogP contribution in [-0.4, -0.2) is 22.7 Å². The largest absolute Gasteiger partial charge is 0.441 e. The Morgan fingerprint density at radius 3 is 2.59 bits per heavy atom. The zero-order chi connectivity index (χ0) is 18.8. The van der Waals surface area contributed by atoms with E-state index in [0.29, 0.717) is 18.0 Å². The van der Waals surface area contributed by atoms with Crippen LogP contribution in [0.3, 0.4) is 0 Å². The number of hydrogen-bond donors (Lipinski definition) is 1. The highest BCUT2D eigenvalue weighted by atomic mass is 16.6. The lowest BCUT2D eigenvalue weighted by Crippen LogP contribution is -2.28. The third-order valence-electron chi connectivity index (χ3n) is 4.47. The summed E-state index contributed by atoms with van der Waals surface area (Å²) in [6.45, 7) is 3.77. The Hall–Kier alpha value is -3.41. The van der Waals surface area contributed by atoms with Crippen LogP contribution in [0.15, 0.2) is 64.2 Å². The van der Waals surface area contributed by atoms with E-state index in [1.165, 1.54) is 0 Å². The fraction of sp³-hybridized carbons (Fsp3) is 0.190. The molecule has 1 N–H and O–H groups in total. The number of benzene rings is 2. The van der Waals surface area contributed by atoms with Crippen molar-refractivity contribution in [1.82, 2.24) is 4.98 Å². The van der Waals surface area contributed by atoms with E-state index in [1.54, 1.807) is 0 Å². The minimum atomic E-state index is -0.643. The lowest BCUT2D eigenvalue weighted by atomic mass is 10.0. The highest BCUT2D eigenvalue weighted by molar-refractivity contribution is 6.06. The molecule has 0 spiro atoms. The molecular weight excluding hydrogens is 342 g/mol. The molecule has 4 rings (SSSR count). The highest BCUT2D eigenvalue weighted by Crippen LogP contribution is 2.25. The van der Waals surface area contributed by atoms with Crippen molar-refractivity contribution in [2.75, 3.05) is 5.32 Å². The molecule has 0 fully saturated rings. The average molecular weight is 361 g/mol. The molecule has 0 aliphatic carbocycles. The van der Waals surface area contributed by atoms with Crippen LogP contribution in [0.25, 0.3) is 11.5 Å². The maximum absolute atomic E-state index is 12.5. The Kier molecular flexibility index (Phi) is 4.46. The fourth-order valence-corrected chi connectivity index (χ4v) is 2.87. The molecule has 27 heavy (non-hydrogen) atoms. The number of oxime groups is 1. The molecule has 6 heteroatoms. The van der Waals surface area contributed by atoms with Crippen molar-refractivity contribution < 1.29 is 14.0 Å². The van der Waals surface area contributed by atoms with Crippen molar-refractivity contribution in [3.63, 3.8) is 0 Å². The van der Waals surface area contributed by atoms with Crippen LogP contribution < -0.4 is 5.32 Å². The van der Waals surface area contributed by atoms with Crippen molar-refractivity contribution in [2.45, 2.75) is 26.4 Å². The van der Waals surface area contributed by atoms with Crippen molar-refractivity contribution in [3.8, 4) is 11.5 Å². The average Bonchev–Trinajstić information content (AvgIpc) is 3.30. The molecule has 1 aliphatic rings. The predicted molar refractivity (Wildman–Crippen MR) is 103 cm³/mol. The molecule has 0 radical (unpaired) electrons. The van der Waals surface area contributed by atoms with Crippen LogP contribution in [-0.2, 0) is 9.63 Å². The van der Waals surface area contributed by atoms with Crippen molar-refractivity contribution in [3.05, 3.63) is 71.6 Å². The van der Waals surface area contributed by atoms with E-state index >= 15 is 0 Å². The zero-order valence-electron chi connectivity index (χ0n) is 15.1. The maximum atomic E-state index is 12.5. The minimum Gasteiger partial charge on any atom is -0.441 e. The van der Waals surface area contributed by atoms with Crippen LogP contribution in [0.5, 0.6) is 0 Å². The van der Waals surface area contributed by atoms with Crippen molar-refractivity contribution >= 4 is 17.3 Å². The molecule has 0 saturated carbocycles. The number of carbonyl (C=O) groups excluding carboxylic acids is 1. The van der Waals surface area contributed by atoms with Crippen LogP contribution in [0, 0.1) is 13.8 Å². The number of rotatable bonds is 4. The third-order valence-corrected chi connectivity index (χ3v) is 4.47. The summed E-state index contributed by atoms with van der Waals surface area (Å²) in [7, 11) is 0. The SMILES string of the molecule is Cc1nc(-c2cccc(NC(=O)[C@H]3CC(c4ccccc4)=NO3)c2)oc1C. The normalized spacial score (nSPS) is 15.9. The molecule has 2 aromatic carbocycles. The summed E-state index contributed by atoms with van der Waals surface area (Å²) in [5.74, 6) is 1.08. The number of amides is 1. The van der Waals surface area contributed by atoms with Gasteiger partial charge in [0.2, 0.25) is 12.0 Å². The summed E-state index contributed by atoms with van der Waals surface area (Å²) in [6.07, 6.45) is -0.205. The van der Waals surface area contributed by atoms with Gasteiger partial charge in [-0.25, -0.2) is 4.98 Å². The molecule has 2 heterocycles. The molecule has 136 valence electrons. The van der Waals surface area contributed by atoms with E-state index < -0.39 is 6.10 Å². The molecule has 1 aliphatic heterocycles. The first-order valence-electron chi connectivity index (χ1n) is 8.73. The first kappa shape index (κ1) is 17.0. The number of aryl methyl sites for hydroxylation is 2. The smallest absolute Gasteiger partial charge is 0.268 e. The Balaban J connectivity index is 1.44. The quantitative estimate of drug-likeness (QED) is 0.759. The Bertz CT molecular complexity index is 989. The molecule has 3 aromatic rings. The molecule has 1 aromatic heterocycles. The van der Waals surface area contributed by atoms with Gasteiger partial charge in [0.05, 0.1) is 11.4 Å². The highest BCUT2D eigenvalue weighted by Gasteiger charge is 2.29. The summed E-state index contributed by atoms with van der Waals surface area (Å²) in [4.78, 5) is 22.3. The van der Waals surface area contributed by atoms with Gasteiger partial charge in [0.1, 0.15) is 5.76 Å². The van der Waals surface area contributed by atoms with Gasteiger partial charge in [0.15, 0.2) is 0 Å². The van der Waals surface area contributed by atoms with E-state index in [2.05, 4.69) is 15.5 Å². The van der Waals surface area contributed by atoms with Gasteiger partial charge in [0.25, 0.3) is 5.91 Å². The summed E-state index contributed by atoms with van der Waals surface area (Å²) >= 11 is 0. The first-order valence-corrected chi connectivity index (χ1v) is 8.73. The topological polar surface area (TPSA) is 76.7 Å². The molecule has 0 unspecified atom stereocenters. The van der Waals surface area contributed by atoms with E-state index in [1.807, 2.05) is 68.4 Å². The number of oxazole rings is 1. The molecule has 0 bridgehead atoms. The number of nitrogens with zero attached hydrogens (tertiary/aromatic N) is 2. The minimum absolute atomic E-state index is 0.235. The van der Waals surface area contributed by atoms with Gasteiger partial charge in [-0.05, 0) is 37.6 Å². The standard InChI is InChI=1S/C21H19N3O3/c1-13-14(2)26-21(22-13)16-9-6-10-17(11-16)23-20(25)19-12-18(24-27-19)15-7-4-3-5-8-15/h3-11,19H,12H2,1-2H3,(H,23,25)/t19-/m1/s1. The predicted octanol–water partition coefficient (Wildman–Crippen LogP) is 4.09. The van der Waals surface area contributed by atoms with E-state index in [4.69, 9.17) is 9.25 Å². The lowest BCUT2D eigenvalue weighted by molar-refractivity contribution is -0.125. The van der Waals surface area contributed by atoms with Crippen LogP contribution in [0.4, 0.5) is 5.69 Å². The fourth-order valence-electron chi connectivity index (χ4n) is 2.87. The number of aromatic nitrogens is 1. The number of anilines is 1. The Morgan fingerprint density at radius 2 is 1.85 bits per heavy atom. The second-order valence-corrected chi connectivity index (χ2v) is 6.43. The van der Waals surface area contributed by atoms with Gasteiger partial charge in [-0.3, -0.25) is 4.79 Å². The van der Waals surface area contributed by atoms with Gasteiger partial charge in [-0.1, -0.05) is 41.6 Å². The number of carbonyl (C=O) groups is 1. The summed E-state index contributed by atoms with van der Waals surface area (Å²) < 4.78 is 5.66. The van der Waals surface area contributed by atoms with Gasteiger partial charge in [-0.2, -0.15) is 0 Å². The van der Waals surface area contributed by atoms with E-state index in [9.17, 15) is 4.79 Å². The third kappa shape index (κ3) is 3.60. The second kappa shape index (κ2) is 7.07.